The molecule has 0 aliphatic rings. The van der Waals surface area contributed by atoms with Crippen LogP contribution in [0, 0.1) is 0 Å². The van der Waals surface area contributed by atoms with Crippen molar-refractivity contribution < 1.29 is 24.6 Å². The molecule has 0 aromatic carbocycles. The Morgan fingerprint density at radius 2 is 1.45 bits per heavy atom. The zero-order valence-corrected chi connectivity index (χ0v) is 5.03. The van der Waals surface area contributed by atoms with Crippen molar-refractivity contribution in [2.45, 2.75) is 12.8 Å². The van der Waals surface area contributed by atoms with Gasteiger partial charge in [0, 0.05) is 6.42 Å². The van der Waals surface area contributed by atoms with Gasteiger partial charge in [-0.2, -0.15) is 0 Å². The Morgan fingerprint density at radius 3 is 1.73 bits per heavy atom. The quantitative estimate of drug-likeness (QED) is 0.427. The minimum absolute atomic E-state index is 0. The zero-order valence-electron chi connectivity index (χ0n) is 5.03. The monoisotopic (exact) mass is 186 g/mol. The van der Waals surface area contributed by atoms with Gasteiger partial charge in [-0.25, -0.2) is 4.79 Å². The number of rotatable bonds is 4. The van der Waals surface area contributed by atoms with E-state index in [4.69, 9.17) is 10.2 Å². The molecule has 0 rings (SSSR count). The predicted octanol–water partition coefficient (Wildman–Crippen LogP) is -1.14. The van der Waals surface area contributed by atoms with E-state index in [1.807, 2.05) is 0 Å². The van der Waals surface area contributed by atoms with Crippen LogP contribution >= 0.6 is 0 Å². The number of carbonyl (C=O) groups is 3. The van der Waals surface area contributed by atoms with Gasteiger partial charge in [0.2, 0.25) is 5.78 Å². The second-order valence-corrected chi connectivity index (χ2v) is 1.62. The van der Waals surface area contributed by atoms with Gasteiger partial charge in [0.25, 0.3) is 0 Å². The Kier molecular flexibility index (Phi) is 8.70. The Labute approximate surface area is 105 Å². The number of hydrogen-bond donors (Lipinski definition) is 2. The van der Waals surface area contributed by atoms with E-state index in [0.717, 1.165) is 0 Å². The molecule has 0 unspecified atom stereocenters. The summed E-state index contributed by atoms with van der Waals surface area (Å²) in [6.07, 6.45) is -0.865. The Hall–Kier alpha value is 0.246. The predicted molar refractivity (Wildman–Crippen MR) is 36.7 cm³/mol. The van der Waals surface area contributed by atoms with Gasteiger partial charge in [-0.15, -0.1) is 0 Å². The van der Waals surface area contributed by atoms with E-state index in [1.54, 1.807) is 0 Å². The first-order valence-corrected chi connectivity index (χ1v) is 2.52. The first-order chi connectivity index (χ1) is 4.54. The minimum atomic E-state index is -1.58. The summed E-state index contributed by atoms with van der Waals surface area (Å²) >= 11 is 0. The van der Waals surface area contributed by atoms with E-state index in [2.05, 4.69) is 0 Å². The second kappa shape index (κ2) is 6.93. The normalized spacial score (nSPS) is 8.00. The van der Waals surface area contributed by atoms with Crippen molar-refractivity contribution in [2.24, 2.45) is 0 Å². The number of carboxylic acids is 2. The van der Waals surface area contributed by atoms with Crippen molar-refractivity contribution in [1.29, 1.82) is 0 Å². The average molecular weight is 186 g/mol. The molecule has 5 nitrogen and oxygen atoms in total. The molecular weight excluding hydrogens is 179 g/mol. The van der Waals surface area contributed by atoms with Crippen molar-refractivity contribution in [3.63, 3.8) is 0 Å². The van der Waals surface area contributed by atoms with Crippen LogP contribution in [0.15, 0.2) is 0 Å². The van der Waals surface area contributed by atoms with Crippen LogP contribution < -0.4 is 0 Å². The Morgan fingerprint density at radius 1 is 1.00 bits per heavy atom. The van der Waals surface area contributed by atoms with Gasteiger partial charge in [0.15, 0.2) is 0 Å². The molecule has 0 aliphatic carbocycles. The molecule has 0 aromatic heterocycles. The molecule has 0 aromatic rings. The van der Waals surface area contributed by atoms with Crippen LogP contribution in [0.5, 0.6) is 0 Å². The molecule has 0 aliphatic heterocycles. The molecule has 0 amide bonds. The first-order valence-electron chi connectivity index (χ1n) is 2.52. The summed E-state index contributed by atoms with van der Waals surface area (Å²) in [5.74, 6) is -3.82. The standard InChI is InChI=1S/C5H6O5.K.H/c6-3(5(9)10)1-2-4(7)8;;/h1-2H2,(H,7,8)(H,9,10);;. The van der Waals surface area contributed by atoms with E-state index >= 15 is 0 Å². The van der Waals surface area contributed by atoms with Crippen LogP contribution in [0.3, 0.4) is 0 Å². The summed E-state index contributed by atoms with van der Waals surface area (Å²) in [4.78, 5) is 29.7. The summed E-state index contributed by atoms with van der Waals surface area (Å²) < 4.78 is 0. The molecule has 11 heavy (non-hydrogen) atoms. The van der Waals surface area contributed by atoms with Crippen molar-refractivity contribution in [3.05, 3.63) is 0 Å². The summed E-state index contributed by atoms with van der Waals surface area (Å²) in [5, 5.41) is 16.0. The molecular formula is C5H7KO5. The second-order valence-electron chi connectivity index (χ2n) is 1.62. The Bertz CT molecular complexity index is 176. The van der Waals surface area contributed by atoms with E-state index < -0.39 is 30.6 Å². The van der Waals surface area contributed by atoms with Crippen LogP contribution in [0.4, 0.5) is 0 Å². The van der Waals surface area contributed by atoms with Gasteiger partial charge in [-0.3, -0.25) is 9.59 Å². The summed E-state index contributed by atoms with van der Waals surface area (Å²) in [6, 6.07) is 0. The maximum atomic E-state index is 10.2. The van der Waals surface area contributed by atoms with Crippen LogP contribution in [0.25, 0.3) is 0 Å². The molecule has 0 spiro atoms. The topological polar surface area (TPSA) is 91.7 Å². The van der Waals surface area contributed by atoms with Crippen LogP contribution in [0.1, 0.15) is 12.8 Å². The maximum absolute atomic E-state index is 10.2. The van der Waals surface area contributed by atoms with E-state index in [0.29, 0.717) is 0 Å². The van der Waals surface area contributed by atoms with Crippen molar-refractivity contribution in [3.8, 4) is 0 Å². The van der Waals surface area contributed by atoms with E-state index in [-0.39, 0.29) is 51.4 Å². The molecule has 0 saturated heterocycles. The fourth-order valence-corrected chi connectivity index (χ4v) is 0.327. The number of Topliss-reactive ketones (excluding diaryl/α,β-unsaturated/α-hetero) is 1. The van der Waals surface area contributed by atoms with Crippen molar-refractivity contribution >= 4 is 69.1 Å². The number of carboxylic acid groups (broad SMARTS) is 2. The SMILES string of the molecule is O=C(O)CCC(=O)C(=O)O.[KH]. The number of hydrogen-bond acceptors (Lipinski definition) is 3. The van der Waals surface area contributed by atoms with Crippen molar-refractivity contribution in [2.75, 3.05) is 0 Å². The third kappa shape index (κ3) is 8.15. The fraction of sp³-hybridized carbons (Fsp3) is 0.400. The van der Waals surface area contributed by atoms with Gasteiger partial charge < -0.3 is 10.2 Å². The summed E-state index contributed by atoms with van der Waals surface area (Å²) in [7, 11) is 0. The molecule has 0 fully saturated rings. The molecule has 0 saturated carbocycles. The van der Waals surface area contributed by atoms with Gasteiger partial charge in [-0.05, 0) is 0 Å². The van der Waals surface area contributed by atoms with Crippen LogP contribution in [-0.4, -0.2) is 79.3 Å². The van der Waals surface area contributed by atoms with E-state index in [9.17, 15) is 14.4 Å². The molecule has 0 atom stereocenters. The molecule has 0 heterocycles. The summed E-state index contributed by atoms with van der Waals surface area (Å²) in [5.41, 5.74) is 0. The van der Waals surface area contributed by atoms with Gasteiger partial charge >= 0.3 is 63.3 Å². The van der Waals surface area contributed by atoms with Crippen LogP contribution in [0.2, 0.25) is 0 Å². The van der Waals surface area contributed by atoms with Gasteiger partial charge in [0.1, 0.15) is 0 Å². The van der Waals surface area contributed by atoms with E-state index in [1.165, 1.54) is 0 Å². The third-order valence-corrected chi connectivity index (χ3v) is 0.804. The van der Waals surface area contributed by atoms with Crippen molar-refractivity contribution in [1.82, 2.24) is 0 Å². The van der Waals surface area contributed by atoms with Gasteiger partial charge in [0.05, 0.1) is 6.42 Å². The van der Waals surface area contributed by atoms with Gasteiger partial charge in [-0.1, -0.05) is 0 Å². The molecule has 0 radical (unpaired) electrons. The number of carbonyl (C=O) groups excluding carboxylic acids is 1. The molecule has 0 bridgehead atoms. The zero-order chi connectivity index (χ0) is 8.15. The van der Waals surface area contributed by atoms with Crippen LogP contribution in [-0.2, 0) is 14.4 Å². The molecule has 58 valence electrons. The first kappa shape index (κ1) is 13.8. The summed E-state index contributed by atoms with van der Waals surface area (Å²) in [6.45, 7) is 0. The number of aliphatic carboxylic acids is 2. The molecule has 6 heteroatoms. The fourth-order valence-electron chi connectivity index (χ4n) is 0.327. The molecule has 2 N–H and O–H groups in total. The third-order valence-electron chi connectivity index (χ3n) is 0.804. The average Bonchev–Trinajstić information content (AvgIpc) is 1.82. The Balaban J connectivity index is 0. The number of ketones is 1.